The molecule has 3 rings (SSSR count). The molecule has 1 aromatic heterocycles. The number of hydrogen-bond acceptors (Lipinski definition) is 7. The number of unbranched alkanes of at least 4 members (excludes halogenated alkanes) is 1. The van der Waals surface area contributed by atoms with Gasteiger partial charge in [0, 0.05) is 52.7 Å². The molecule has 60 heavy (non-hydrogen) atoms. The summed E-state index contributed by atoms with van der Waals surface area (Å²) in [5.41, 5.74) is -2.70. The summed E-state index contributed by atoms with van der Waals surface area (Å²) in [5.74, 6) is -1.57. The molecular formula is C48H68F5N3O3S. The number of benzene rings is 1. The van der Waals surface area contributed by atoms with Crippen molar-refractivity contribution in [3.05, 3.63) is 87.8 Å². The Kier molecular flexibility index (Phi) is 21.4. The Morgan fingerprint density at radius 2 is 1.73 bits per heavy atom. The fraction of sp³-hybridized carbons (Fsp3) is 0.562. The van der Waals surface area contributed by atoms with Crippen LogP contribution in [0.4, 0.5) is 22.0 Å². The van der Waals surface area contributed by atoms with Crippen LogP contribution in [0.3, 0.4) is 0 Å². The number of fused-ring (bicyclic) bond motifs is 1. The number of nitrogens with zero attached hydrogens (tertiary/aromatic N) is 3. The van der Waals surface area contributed by atoms with Crippen molar-refractivity contribution in [3.8, 4) is 6.07 Å². The van der Waals surface area contributed by atoms with Gasteiger partial charge in [0.05, 0.1) is 28.5 Å². The summed E-state index contributed by atoms with van der Waals surface area (Å²) in [4.78, 5) is 16.5. The number of aliphatic imine (C=N–C) groups is 1. The summed E-state index contributed by atoms with van der Waals surface area (Å²) in [6, 6.07) is 4.05. The maximum Gasteiger partial charge on any atom is 0.417 e. The van der Waals surface area contributed by atoms with Crippen LogP contribution in [0.1, 0.15) is 131 Å². The zero-order valence-corrected chi connectivity index (χ0v) is 37.9. The van der Waals surface area contributed by atoms with E-state index in [1.54, 1.807) is 21.0 Å². The highest BCUT2D eigenvalue weighted by molar-refractivity contribution is 7.19. The lowest BCUT2D eigenvalue weighted by molar-refractivity contribution is -0.112. The molecule has 1 heterocycles. The molecule has 334 valence electrons. The molecule has 0 saturated carbocycles. The molecule has 3 unspecified atom stereocenters. The number of carbonyl (C=O) groups excluding carboxylic acids is 1. The minimum atomic E-state index is -5.03. The summed E-state index contributed by atoms with van der Waals surface area (Å²) >= 11 is 0.940. The molecular weight excluding hydrogens is 794 g/mol. The lowest BCUT2D eigenvalue weighted by Gasteiger charge is -2.36. The SMILES string of the molecule is C.C=C(/N=C1/C(F)=C(c2ccc(F)c3sc(C)c(C#N)c23)C(C(F)(F)F)=C/C1=C(/C)N(C)C(CCC(C)C)C(C)C)OCC(C)(CCCC)CC(CC)OC.C=CC(C)=O. The van der Waals surface area contributed by atoms with Crippen LogP contribution < -0.4 is 0 Å². The lowest BCUT2D eigenvalue weighted by Crippen LogP contribution is -2.36. The number of hydrogen-bond donors (Lipinski definition) is 0. The molecule has 0 fully saturated rings. The van der Waals surface area contributed by atoms with Gasteiger partial charge >= 0.3 is 6.18 Å². The van der Waals surface area contributed by atoms with Gasteiger partial charge in [0.1, 0.15) is 17.6 Å². The maximum absolute atomic E-state index is 17.5. The van der Waals surface area contributed by atoms with Crippen LogP contribution in [0.15, 0.2) is 71.0 Å². The number of halogens is 5. The number of alkyl halides is 3. The van der Waals surface area contributed by atoms with Gasteiger partial charge in [-0.3, -0.25) is 4.79 Å². The lowest BCUT2D eigenvalue weighted by atomic mass is 9.80. The van der Waals surface area contributed by atoms with Gasteiger partial charge in [-0.2, -0.15) is 18.4 Å². The molecule has 0 amide bonds. The van der Waals surface area contributed by atoms with Gasteiger partial charge in [0.15, 0.2) is 11.6 Å². The van der Waals surface area contributed by atoms with Crippen LogP contribution in [-0.4, -0.2) is 55.5 Å². The zero-order valence-electron chi connectivity index (χ0n) is 37.1. The van der Waals surface area contributed by atoms with Crippen LogP contribution in [0, 0.1) is 41.3 Å². The van der Waals surface area contributed by atoms with Crippen molar-refractivity contribution in [2.45, 2.75) is 140 Å². The topological polar surface area (TPSA) is 74.9 Å². The Hall–Kier alpha value is -4.08. The Morgan fingerprint density at radius 3 is 2.22 bits per heavy atom. The zero-order chi connectivity index (χ0) is 45.0. The molecule has 0 bridgehead atoms. The van der Waals surface area contributed by atoms with Crippen molar-refractivity contribution < 1.29 is 36.2 Å². The number of ketones is 1. The summed E-state index contributed by atoms with van der Waals surface area (Å²) in [6.45, 7) is 26.7. The van der Waals surface area contributed by atoms with E-state index in [0.717, 1.165) is 68.1 Å². The van der Waals surface area contributed by atoms with Crippen molar-refractivity contribution in [2.24, 2.45) is 22.2 Å². The van der Waals surface area contributed by atoms with Gasteiger partial charge in [-0.1, -0.05) is 81.4 Å². The van der Waals surface area contributed by atoms with Gasteiger partial charge in [-0.05, 0) is 95.1 Å². The molecule has 0 saturated heterocycles. The predicted molar refractivity (Wildman–Crippen MR) is 240 cm³/mol. The molecule has 12 heteroatoms. The van der Waals surface area contributed by atoms with Crippen LogP contribution in [0.25, 0.3) is 15.7 Å². The van der Waals surface area contributed by atoms with E-state index in [9.17, 15) is 10.1 Å². The summed E-state index contributed by atoms with van der Waals surface area (Å²) < 4.78 is 90.1. The normalized spacial score (nSPS) is 16.6. The minimum absolute atomic E-state index is 0. The van der Waals surface area contributed by atoms with Crippen molar-refractivity contribution in [3.63, 3.8) is 0 Å². The smallest absolute Gasteiger partial charge is 0.417 e. The van der Waals surface area contributed by atoms with E-state index in [1.165, 1.54) is 13.0 Å². The highest BCUT2D eigenvalue weighted by Gasteiger charge is 2.43. The second-order valence-electron chi connectivity index (χ2n) is 16.4. The van der Waals surface area contributed by atoms with Crippen LogP contribution in [0.2, 0.25) is 0 Å². The molecule has 2 aromatic rings. The molecule has 0 N–H and O–H groups in total. The fourth-order valence-corrected chi connectivity index (χ4v) is 8.29. The first-order chi connectivity index (χ1) is 27.5. The third kappa shape index (κ3) is 14.0. The third-order valence-electron chi connectivity index (χ3n) is 10.9. The van der Waals surface area contributed by atoms with Crippen molar-refractivity contribution in [1.82, 2.24) is 4.90 Å². The van der Waals surface area contributed by atoms with E-state index >= 15 is 22.0 Å². The average Bonchev–Trinajstić information content (AvgIpc) is 3.52. The van der Waals surface area contributed by atoms with Gasteiger partial charge in [-0.15, -0.1) is 11.3 Å². The predicted octanol–water partition coefficient (Wildman–Crippen LogP) is 14.4. The number of aryl methyl sites for hydroxylation is 1. The van der Waals surface area contributed by atoms with E-state index in [2.05, 4.69) is 59.7 Å². The summed E-state index contributed by atoms with van der Waals surface area (Å²) in [6.07, 6.45) is 3.08. The molecule has 1 aromatic carbocycles. The highest BCUT2D eigenvalue weighted by atomic mass is 32.1. The second-order valence-corrected chi connectivity index (χ2v) is 17.6. The molecule has 0 aliphatic heterocycles. The molecule has 0 spiro atoms. The van der Waals surface area contributed by atoms with Gasteiger partial charge in [-0.25, -0.2) is 13.8 Å². The number of allylic oxidation sites excluding steroid dienone is 7. The summed E-state index contributed by atoms with van der Waals surface area (Å²) in [5, 5.41) is 9.94. The maximum atomic E-state index is 17.5. The number of thiophene rings is 1. The fourth-order valence-electron chi connectivity index (χ4n) is 7.25. The molecule has 1 aliphatic rings. The second kappa shape index (κ2) is 23.8. The molecule has 6 nitrogen and oxygen atoms in total. The molecule has 0 radical (unpaired) electrons. The van der Waals surface area contributed by atoms with E-state index in [0.29, 0.717) is 22.9 Å². The number of nitriles is 1. The number of methoxy groups -OCH3 is 1. The first-order valence-corrected chi connectivity index (χ1v) is 21.1. The highest BCUT2D eigenvalue weighted by Crippen LogP contribution is 2.48. The monoisotopic (exact) mass is 861 g/mol. The van der Waals surface area contributed by atoms with Gasteiger partial charge in [0.2, 0.25) is 5.88 Å². The van der Waals surface area contributed by atoms with E-state index in [4.69, 9.17) is 9.47 Å². The van der Waals surface area contributed by atoms with Crippen molar-refractivity contribution in [2.75, 3.05) is 20.8 Å². The number of ether oxygens (including phenoxy) is 2. The Morgan fingerprint density at radius 1 is 1.12 bits per heavy atom. The number of carbonyl (C=O) groups is 1. The average molecular weight is 862 g/mol. The summed E-state index contributed by atoms with van der Waals surface area (Å²) in [7, 11) is 3.48. The van der Waals surface area contributed by atoms with Crippen LogP contribution >= 0.6 is 11.3 Å². The molecule has 3 atom stereocenters. The Balaban J connectivity index is 0.00000282. The first kappa shape index (κ1) is 53.9. The Labute approximate surface area is 360 Å². The standard InChI is InChI=1S/C43H58F5N3O2S.C4H6O.CH4/c1-13-15-20-42(10,22-30(14-2)52-12)24-53-29(9)50-40-32(27(7)51(11)36(26(5)6)19-16-25(3)4)21-34(43(46,47)48)38(39(40)45)31-17-18-35(44)41-37(31)33(23-49)28(8)54-41;1-3-4(2)5;/h17-18,21,25-26,30,36H,9,13-16,19-20,22,24H2,1-8,10-12H3;3H,1H2,2H3;1H4/b32-27+,50-40+;;. The Bertz CT molecular complexity index is 1980. The quantitative estimate of drug-likeness (QED) is 0.0799. The van der Waals surface area contributed by atoms with Crippen molar-refractivity contribution >= 4 is 38.5 Å². The molecule has 1 aliphatic carbocycles. The van der Waals surface area contributed by atoms with Crippen LogP contribution in [0.5, 0.6) is 0 Å². The van der Waals surface area contributed by atoms with E-state index in [-0.39, 0.29) is 81.7 Å². The van der Waals surface area contributed by atoms with Gasteiger partial charge in [0.25, 0.3) is 0 Å². The van der Waals surface area contributed by atoms with Crippen LogP contribution in [-0.2, 0) is 14.3 Å². The van der Waals surface area contributed by atoms with E-state index in [1.807, 2.05) is 24.9 Å². The minimum Gasteiger partial charge on any atom is -0.477 e. The van der Waals surface area contributed by atoms with Gasteiger partial charge < -0.3 is 14.4 Å². The first-order valence-electron chi connectivity index (χ1n) is 20.3. The third-order valence-corrected chi connectivity index (χ3v) is 12.0. The number of rotatable bonds is 19. The largest absolute Gasteiger partial charge is 0.477 e. The van der Waals surface area contributed by atoms with Crippen molar-refractivity contribution in [1.29, 1.82) is 5.26 Å². The van der Waals surface area contributed by atoms with E-state index < -0.39 is 29.0 Å².